The number of aromatic nitrogens is 2. The molecule has 0 aliphatic carbocycles. The molecular weight excluding hydrogens is 410 g/mol. The van der Waals surface area contributed by atoms with Gasteiger partial charge < -0.3 is 42.8 Å². The van der Waals surface area contributed by atoms with Crippen LogP contribution in [0.3, 0.4) is 0 Å². The highest BCUT2D eigenvalue weighted by molar-refractivity contribution is 5.83. The van der Waals surface area contributed by atoms with Gasteiger partial charge >= 0.3 is 12.0 Å². The van der Waals surface area contributed by atoms with Gasteiger partial charge in [0.05, 0.1) is 6.04 Å². The van der Waals surface area contributed by atoms with E-state index in [0.29, 0.717) is 38.8 Å². The van der Waals surface area contributed by atoms with E-state index in [2.05, 4.69) is 20.4 Å². The number of nitrogens with one attached hydrogen (secondary N) is 1. The van der Waals surface area contributed by atoms with Crippen molar-refractivity contribution in [2.45, 2.75) is 56.7 Å². The van der Waals surface area contributed by atoms with E-state index in [1.165, 1.54) is 4.90 Å². The maximum Gasteiger partial charge on any atom is 0.538 e. The molecule has 14 nitrogen and oxygen atoms in total. The predicted molar refractivity (Wildman–Crippen MR) is 109 cm³/mol. The number of aliphatic imine (C=N–C) groups is 1. The maximum absolute atomic E-state index is 12.7. The average Bonchev–Trinajstić information content (AvgIpc) is 3.38. The van der Waals surface area contributed by atoms with Crippen molar-refractivity contribution < 1.29 is 24.0 Å². The third-order valence-corrected chi connectivity index (χ3v) is 4.85. The second-order valence-electron chi connectivity index (χ2n) is 7.27. The number of urea groups is 1. The molecule has 3 amide bonds. The molecule has 1 aromatic rings. The van der Waals surface area contributed by atoms with E-state index in [1.54, 1.807) is 0 Å². The number of guanidine groups is 1. The van der Waals surface area contributed by atoms with Gasteiger partial charge in [0, 0.05) is 24.3 Å². The normalized spacial score (nSPS) is 17.7. The van der Waals surface area contributed by atoms with Crippen molar-refractivity contribution in [3.8, 4) is 0 Å². The molecule has 3 atom stereocenters. The van der Waals surface area contributed by atoms with Gasteiger partial charge in [-0.15, -0.1) is 0 Å². The molecule has 0 spiro atoms. The van der Waals surface area contributed by atoms with E-state index in [1.807, 2.05) is 0 Å². The van der Waals surface area contributed by atoms with Crippen LogP contribution < -0.4 is 28.3 Å². The molecule has 172 valence electrons. The average molecular weight is 440 g/mol. The fraction of sp³-hybridized carbons (Fsp3) is 0.647. The first-order valence-corrected chi connectivity index (χ1v) is 9.94. The lowest BCUT2D eigenvalue weighted by atomic mass is 10.1. The first-order valence-electron chi connectivity index (χ1n) is 9.94. The zero-order chi connectivity index (χ0) is 23.0. The Morgan fingerprint density at radius 3 is 2.68 bits per heavy atom. The molecule has 0 radical (unpaired) electrons. The molecule has 0 saturated carbocycles. The van der Waals surface area contributed by atoms with Crippen LogP contribution in [-0.2, 0) is 9.59 Å². The van der Waals surface area contributed by atoms with Gasteiger partial charge in [0.2, 0.25) is 11.8 Å². The van der Waals surface area contributed by atoms with Gasteiger partial charge in [-0.25, -0.2) is 4.79 Å². The third kappa shape index (κ3) is 7.09. The van der Waals surface area contributed by atoms with E-state index >= 15 is 0 Å². The van der Waals surface area contributed by atoms with Crippen LogP contribution in [0.25, 0.3) is 0 Å². The highest BCUT2D eigenvalue weighted by atomic mass is 16.5. The molecule has 1 fully saturated rings. The molecule has 0 aromatic carbocycles. The van der Waals surface area contributed by atoms with Crippen molar-refractivity contribution in [2.24, 2.45) is 27.9 Å². The minimum Gasteiger partial charge on any atom is -0.563 e. The van der Waals surface area contributed by atoms with E-state index in [0.717, 1.165) is 0 Å². The van der Waals surface area contributed by atoms with Crippen LogP contribution in [0.2, 0.25) is 0 Å². The molecule has 0 bridgehead atoms. The first kappa shape index (κ1) is 23.9. The topological polar surface area (TPSA) is 245 Å². The van der Waals surface area contributed by atoms with Gasteiger partial charge in [0.15, 0.2) is 17.8 Å². The minimum absolute atomic E-state index is 0.0463. The summed E-state index contributed by atoms with van der Waals surface area (Å²) in [6.07, 6.45) is 2.27. The number of carbonyl (C=O) groups excluding carboxylic acids is 3. The van der Waals surface area contributed by atoms with Crippen LogP contribution in [0.15, 0.2) is 9.52 Å². The molecule has 31 heavy (non-hydrogen) atoms. The quantitative estimate of drug-likeness (QED) is 0.109. The summed E-state index contributed by atoms with van der Waals surface area (Å²) in [6.45, 7) is 0.695. The molecule has 1 saturated heterocycles. The van der Waals surface area contributed by atoms with Crippen molar-refractivity contribution >= 4 is 23.9 Å². The number of hydrogen-bond donors (Lipinski definition) is 5. The first-order chi connectivity index (χ1) is 14.7. The number of primary amides is 1. The number of amides is 3. The van der Waals surface area contributed by atoms with E-state index in [4.69, 9.17) is 32.6 Å². The van der Waals surface area contributed by atoms with Crippen LogP contribution in [0.1, 0.15) is 62.3 Å². The lowest BCUT2D eigenvalue weighted by Crippen LogP contribution is -2.47. The highest BCUT2D eigenvalue weighted by Crippen LogP contribution is 2.23. The molecular formula is C17H30N9O5+. The largest absolute Gasteiger partial charge is 0.563 e. The molecule has 1 aliphatic heterocycles. The smallest absolute Gasteiger partial charge is 0.538 e. The van der Waals surface area contributed by atoms with Crippen molar-refractivity contribution in [3.63, 3.8) is 0 Å². The summed E-state index contributed by atoms with van der Waals surface area (Å²) < 4.78 is 5.29. The Hall–Kier alpha value is -3.42. The Bertz CT molecular complexity index is 808. The minimum atomic E-state index is -0.808. The zero-order valence-corrected chi connectivity index (χ0v) is 17.1. The van der Waals surface area contributed by atoms with Crippen LogP contribution in [0.4, 0.5) is 4.79 Å². The van der Waals surface area contributed by atoms with Crippen LogP contribution >= 0.6 is 0 Å². The lowest BCUT2D eigenvalue weighted by Gasteiger charge is -2.23. The fourth-order valence-corrected chi connectivity index (χ4v) is 3.24. The Morgan fingerprint density at radius 2 is 2.03 bits per heavy atom. The standard InChI is InChI=1S/C17H29N9O5/c18-9(5-6-12(19)27)13-24-14(31-25-13)10(3-1-7-22-16(20)21)23-17(30)26-8-2-4-11(26)15(28)29/h9-11H,1-8,18H2,(H2,19,27)(H,23,30)(H,28,29)(H4,20,21,22)/p+1/t9-,10-,11?/m0/s1. The van der Waals surface area contributed by atoms with E-state index < -0.39 is 36.0 Å². The highest BCUT2D eigenvalue weighted by Gasteiger charge is 2.39. The van der Waals surface area contributed by atoms with Gasteiger partial charge in [-0.1, -0.05) is 5.16 Å². The predicted octanol–water partition coefficient (Wildman–Crippen LogP) is -2.15. The van der Waals surface area contributed by atoms with E-state index in [-0.39, 0.29) is 30.5 Å². The SMILES string of the molecule is NC(=O)CC[C@H](N)c1noc([C@H](CCCN=C(N)N)NC(=O)N2CCCC2C(=O)[OH2+])n1. The summed E-state index contributed by atoms with van der Waals surface area (Å²) in [5.41, 5.74) is 21.8. The third-order valence-electron chi connectivity index (χ3n) is 4.85. The summed E-state index contributed by atoms with van der Waals surface area (Å²) in [4.78, 5) is 44.7. The van der Waals surface area contributed by atoms with E-state index in [9.17, 15) is 14.4 Å². The monoisotopic (exact) mass is 440 g/mol. The van der Waals surface area contributed by atoms with Crippen molar-refractivity contribution in [1.82, 2.24) is 20.4 Å². The van der Waals surface area contributed by atoms with Crippen molar-refractivity contribution in [3.05, 3.63) is 11.7 Å². The molecule has 2 rings (SSSR count). The maximum atomic E-state index is 12.7. The summed E-state index contributed by atoms with van der Waals surface area (Å²) >= 11 is 0. The molecule has 11 N–H and O–H groups in total. The number of carbonyl (C=O) groups is 3. The molecule has 1 aliphatic rings. The number of likely N-dealkylation sites (tertiary alicyclic amines) is 1. The number of hydrogen-bond acceptors (Lipinski definition) is 8. The second-order valence-corrected chi connectivity index (χ2v) is 7.27. The summed E-state index contributed by atoms with van der Waals surface area (Å²) in [6, 6.07) is -2.63. The van der Waals surface area contributed by atoms with Crippen molar-refractivity contribution in [2.75, 3.05) is 13.1 Å². The van der Waals surface area contributed by atoms with Gasteiger partial charge in [0.1, 0.15) is 6.04 Å². The number of rotatable bonds is 11. The van der Waals surface area contributed by atoms with Crippen LogP contribution in [0, 0.1) is 0 Å². The van der Waals surface area contributed by atoms with Crippen molar-refractivity contribution in [1.29, 1.82) is 0 Å². The Labute approximate surface area is 178 Å². The zero-order valence-electron chi connectivity index (χ0n) is 17.1. The second kappa shape index (κ2) is 11.1. The van der Waals surface area contributed by atoms with Gasteiger partial charge in [-0.05, 0) is 32.1 Å². The summed E-state index contributed by atoms with van der Waals surface area (Å²) in [5, 5.41) is 14.0. The summed E-state index contributed by atoms with van der Waals surface area (Å²) in [7, 11) is 0. The summed E-state index contributed by atoms with van der Waals surface area (Å²) in [5.74, 6) is -1.05. The van der Waals surface area contributed by atoms with Gasteiger partial charge in [0.25, 0.3) is 0 Å². The lowest BCUT2D eigenvalue weighted by molar-refractivity contribution is -0.141. The molecule has 14 heteroatoms. The number of nitrogens with two attached hydrogens (primary N) is 4. The van der Waals surface area contributed by atoms with Crippen LogP contribution in [0.5, 0.6) is 0 Å². The van der Waals surface area contributed by atoms with Gasteiger partial charge in [-0.3, -0.25) is 9.79 Å². The Balaban J connectivity index is 2.11. The van der Waals surface area contributed by atoms with Gasteiger partial charge in [-0.2, -0.15) is 4.98 Å². The Morgan fingerprint density at radius 1 is 1.29 bits per heavy atom. The van der Waals surface area contributed by atoms with Crippen LogP contribution in [-0.4, -0.2) is 63.1 Å². The Kier molecular flexibility index (Phi) is 8.54. The molecule has 2 heterocycles. The molecule has 1 unspecified atom stereocenters. The molecule has 1 aromatic heterocycles. The fourth-order valence-electron chi connectivity index (χ4n) is 3.24. The number of nitrogens with zero attached hydrogens (tertiary/aromatic N) is 4.